The summed E-state index contributed by atoms with van der Waals surface area (Å²) in [7, 11) is 0. The molecule has 2 aromatic rings. The van der Waals surface area contributed by atoms with E-state index in [0.717, 1.165) is 9.13 Å². The Labute approximate surface area is 135 Å². The lowest BCUT2D eigenvalue weighted by Gasteiger charge is -2.14. The molecular weight excluding hydrogens is 383 g/mol. The molecule has 0 heterocycles. The number of nitrogens with zero attached hydrogens (tertiary/aromatic N) is 1. The summed E-state index contributed by atoms with van der Waals surface area (Å²) in [6.45, 7) is 1.87. The summed E-state index contributed by atoms with van der Waals surface area (Å²) in [6, 6.07) is 13.3. The van der Waals surface area contributed by atoms with Crippen molar-refractivity contribution in [2.45, 2.75) is 13.0 Å². The predicted molar refractivity (Wildman–Crippen MR) is 88.1 cm³/mol. The summed E-state index contributed by atoms with van der Waals surface area (Å²) >= 11 is 2.21. The van der Waals surface area contributed by atoms with Crippen LogP contribution in [0.1, 0.15) is 28.9 Å². The van der Waals surface area contributed by atoms with E-state index in [1.165, 1.54) is 18.2 Å². The molecule has 2 aromatic carbocycles. The number of nitro benzene ring substituents is 1. The highest BCUT2D eigenvalue weighted by Crippen LogP contribution is 2.17. The van der Waals surface area contributed by atoms with Crippen LogP contribution in [-0.2, 0) is 0 Å². The maximum absolute atomic E-state index is 12.1. The van der Waals surface area contributed by atoms with E-state index >= 15 is 0 Å². The van der Waals surface area contributed by atoms with Gasteiger partial charge in [-0.25, -0.2) is 0 Å². The van der Waals surface area contributed by atoms with Gasteiger partial charge in [0, 0.05) is 21.3 Å². The molecule has 108 valence electrons. The van der Waals surface area contributed by atoms with Crippen molar-refractivity contribution in [3.05, 3.63) is 73.3 Å². The number of nitrogens with one attached hydrogen (secondary N) is 1. The van der Waals surface area contributed by atoms with Gasteiger partial charge < -0.3 is 5.32 Å². The molecule has 1 atom stereocenters. The van der Waals surface area contributed by atoms with Crippen molar-refractivity contribution < 1.29 is 9.72 Å². The van der Waals surface area contributed by atoms with E-state index in [9.17, 15) is 14.9 Å². The van der Waals surface area contributed by atoms with Crippen molar-refractivity contribution in [3.63, 3.8) is 0 Å². The number of amides is 1. The molecule has 0 bridgehead atoms. The van der Waals surface area contributed by atoms with Crippen LogP contribution < -0.4 is 5.32 Å². The lowest BCUT2D eigenvalue weighted by molar-refractivity contribution is -0.384. The molecule has 0 saturated heterocycles. The highest BCUT2D eigenvalue weighted by Gasteiger charge is 2.14. The molecule has 0 unspecified atom stereocenters. The highest BCUT2D eigenvalue weighted by molar-refractivity contribution is 14.1. The molecule has 1 N–H and O–H groups in total. The number of halogens is 1. The number of carbonyl (C=O) groups is 1. The minimum Gasteiger partial charge on any atom is -0.346 e. The molecule has 0 aliphatic rings. The second-order valence-corrected chi connectivity index (χ2v) is 5.80. The number of carbonyl (C=O) groups excluding carboxylic acids is 1. The van der Waals surface area contributed by atoms with Gasteiger partial charge in [0.2, 0.25) is 0 Å². The van der Waals surface area contributed by atoms with Gasteiger partial charge in [0.1, 0.15) is 0 Å². The van der Waals surface area contributed by atoms with Gasteiger partial charge in [-0.1, -0.05) is 18.2 Å². The molecule has 5 nitrogen and oxygen atoms in total. The number of rotatable bonds is 4. The lowest BCUT2D eigenvalue weighted by atomic mass is 10.1. The standard InChI is InChI=1S/C15H13IN2O3/c1-10(11-5-7-13(16)8-6-11)17-15(19)12-3-2-4-14(9-12)18(20)21/h2-10H,1H3,(H,17,19)/t10-/m0/s1. The van der Waals surface area contributed by atoms with Crippen molar-refractivity contribution in [2.75, 3.05) is 0 Å². The molecular formula is C15H13IN2O3. The van der Waals surface area contributed by atoms with Gasteiger partial charge in [0.15, 0.2) is 0 Å². The zero-order chi connectivity index (χ0) is 15.4. The molecule has 0 saturated carbocycles. The van der Waals surface area contributed by atoms with E-state index in [1.807, 2.05) is 31.2 Å². The Kier molecular flexibility index (Phi) is 4.89. The molecule has 6 heteroatoms. The number of nitro groups is 1. The molecule has 2 rings (SSSR count). The van der Waals surface area contributed by atoms with E-state index in [4.69, 9.17) is 0 Å². The third kappa shape index (κ3) is 4.01. The summed E-state index contributed by atoms with van der Waals surface area (Å²) in [5.74, 6) is -0.329. The Balaban J connectivity index is 2.12. The average Bonchev–Trinajstić information content (AvgIpc) is 2.48. The molecule has 0 spiro atoms. The van der Waals surface area contributed by atoms with Crippen molar-refractivity contribution in [1.29, 1.82) is 0 Å². The van der Waals surface area contributed by atoms with E-state index in [2.05, 4.69) is 27.9 Å². The first kappa shape index (κ1) is 15.4. The Morgan fingerprint density at radius 2 is 1.90 bits per heavy atom. The largest absolute Gasteiger partial charge is 0.346 e. The second-order valence-electron chi connectivity index (χ2n) is 4.55. The van der Waals surface area contributed by atoms with Gasteiger partial charge in [-0.2, -0.15) is 0 Å². The number of benzene rings is 2. The van der Waals surface area contributed by atoms with Crippen LogP contribution in [0.4, 0.5) is 5.69 Å². The fourth-order valence-corrected chi connectivity index (χ4v) is 2.24. The molecule has 0 fully saturated rings. The number of hydrogen-bond donors (Lipinski definition) is 1. The van der Waals surface area contributed by atoms with Crippen molar-refractivity contribution >= 4 is 34.2 Å². The van der Waals surface area contributed by atoms with E-state index in [0.29, 0.717) is 0 Å². The Bertz CT molecular complexity index is 671. The molecule has 0 aliphatic heterocycles. The maximum Gasteiger partial charge on any atom is 0.270 e. The van der Waals surface area contributed by atoms with Gasteiger partial charge in [-0.05, 0) is 53.3 Å². The SMILES string of the molecule is C[C@H](NC(=O)c1cccc([N+](=O)[O-])c1)c1ccc(I)cc1. The van der Waals surface area contributed by atoms with Crippen LogP contribution in [0.5, 0.6) is 0 Å². The maximum atomic E-state index is 12.1. The first-order chi connectivity index (χ1) is 9.97. The normalized spacial score (nSPS) is 11.7. The second kappa shape index (κ2) is 6.66. The lowest BCUT2D eigenvalue weighted by Crippen LogP contribution is -2.26. The molecule has 1 amide bonds. The number of hydrogen-bond acceptors (Lipinski definition) is 3. The van der Waals surface area contributed by atoms with Crippen LogP contribution >= 0.6 is 22.6 Å². The first-order valence-electron chi connectivity index (χ1n) is 6.28. The van der Waals surface area contributed by atoms with Crippen LogP contribution in [-0.4, -0.2) is 10.8 Å². The minimum atomic E-state index is -0.515. The van der Waals surface area contributed by atoms with Crippen LogP contribution in [0.3, 0.4) is 0 Å². The highest BCUT2D eigenvalue weighted by atomic mass is 127. The molecule has 21 heavy (non-hydrogen) atoms. The fourth-order valence-electron chi connectivity index (χ4n) is 1.88. The Hall–Kier alpha value is -1.96. The van der Waals surface area contributed by atoms with Crippen LogP contribution in [0, 0.1) is 13.7 Å². The first-order valence-corrected chi connectivity index (χ1v) is 7.36. The van der Waals surface area contributed by atoms with Crippen LogP contribution in [0.15, 0.2) is 48.5 Å². The van der Waals surface area contributed by atoms with Gasteiger partial charge in [0.25, 0.3) is 11.6 Å². The third-order valence-electron chi connectivity index (χ3n) is 3.04. The van der Waals surface area contributed by atoms with Crippen LogP contribution in [0.2, 0.25) is 0 Å². The zero-order valence-electron chi connectivity index (χ0n) is 11.2. The predicted octanol–water partition coefficient (Wildman–Crippen LogP) is 3.69. The van der Waals surface area contributed by atoms with Crippen molar-refractivity contribution in [1.82, 2.24) is 5.32 Å². The van der Waals surface area contributed by atoms with Gasteiger partial charge in [-0.15, -0.1) is 0 Å². The zero-order valence-corrected chi connectivity index (χ0v) is 13.4. The van der Waals surface area contributed by atoms with Gasteiger partial charge in [0.05, 0.1) is 11.0 Å². The van der Waals surface area contributed by atoms with Gasteiger partial charge in [-0.3, -0.25) is 14.9 Å². The van der Waals surface area contributed by atoms with E-state index in [1.54, 1.807) is 6.07 Å². The van der Waals surface area contributed by atoms with E-state index < -0.39 is 4.92 Å². The fraction of sp³-hybridized carbons (Fsp3) is 0.133. The van der Waals surface area contributed by atoms with Crippen LogP contribution in [0.25, 0.3) is 0 Å². The van der Waals surface area contributed by atoms with Gasteiger partial charge >= 0.3 is 0 Å². The quantitative estimate of drug-likeness (QED) is 0.487. The van der Waals surface area contributed by atoms with E-state index in [-0.39, 0.29) is 23.2 Å². The number of non-ortho nitro benzene ring substituents is 1. The van der Waals surface area contributed by atoms with Crippen molar-refractivity contribution in [3.8, 4) is 0 Å². The van der Waals surface area contributed by atoms with Crippen molar-refractivity contribution in [2.24, 2.45) is 0 Å². The summed E-state index contributed by atoms with van der Waals surface area (Å²) in [5, 5.41) is 13.6. The third-order valence-corrected chi connectivity index (χ3v) is 3.76. The Morgan fingerprint density at radius 3 is 2.52 bits per heavy atom. The summed E-state index contributed by atoms with van der Waals surface area (Å²) in [5.41, 5.74) is 1.17. The molecule has 0 aliphatic carbocycles. The average molecular weight is 396 g/mol. The summed E-state index contributed by atoms with van der Waals surface area (Å²) in [6.07, 6.45) is 0. The Morgan fingerprint density at radius 1 is 1.24 bits per heavy atom. The molecule has 0 aromatic heterocycles. The topological polar surface area (TPSA) is 72.2 Å². The smallest absolute Gasteiger partial charge is 0.270 e. The summed E-state index contributed by atoms with van der Waals surface area (Å²) < 4.78 is 1.12. The minimum absolute atomic E-state index is 0.0930. The summed E-state index contributed by atoms with van der Waals surface area (Å²) in [4.78, 5) is 22.3. The monoisotopic (exact) mass is 396 g/mol. The molecule has 0 radical (unpaired) electrons.